The van der Waals surface area contributed by atoms with E-state index in [9.17, 15) is 5.21 Å². The molecule has 1 aromatic rings. The molecule has 0 aliphatic heterocycles. The summed E-state index contributed by atoms with van der Waals surface area (Å²) in [5.74, 6) is 0. The summed E-state index contributed by atoms with van der Waals surface area (Å²) in [4.78, 5) is -0.0196. The van der Waals surface area contributed by atoms with E-state index < -0.39 is 0 Å². The van der Waals surface area contributed by atoms with Gasteiger partial charge in [0.05, 0.1) is 0 Å². The quantitative estimate of drug-likeness (QED) is 0.437. The molecule has 0 saturated heterocycles. The maximum atomic E-state index is 10.7. The maximum absolute atomic E-state index is 10.7. The second kappa shape index (κ2) is 3.60. The van der Waals surface area contributed by atoms with Gasteiger partial charge in [0.1, 0.15) is 5.02 Å². The van der Waals surface area contributed by atoms with Gasteiger partial charge in [0.15, 0.2) is 0 Å². The van der Waals surface area contributed by atoms with Crippen molar-refractivity contribution in [1.82, 2.24) is 0 Å². The number of rotatable bonds is 1. The van der Waals surface area contributed by atoms with E-state index >= 15 is 0 Å². The molecule has 0 aliphatic rings. The Hall–Kier alpha value is -1.000. The Morgan fingerprint density at radius 2 is 2.08 bits per heavy atom. The number of hydrogen-bond acceptors (Lipinski definition) is 2. The molecule has 0 aliphatic carbocycles. The average Bonchev–Trinajstić information content (AvgIpc) is 2.08. The van der Waals surface area contributed by atoms with Crippen LogP contribution in [0.2, 0.25) is 10.0 Å². The summed E-state index contributed by atoms with van der Waals surface area (Å²) < 4.78 is 0. The summed E-state index contributed by atoms with van der Waals surface area (Å²) >= 11 is 11.2. The van der Waals surface area contributed by atoms with Gasteiger partial charge in [0, 0.05) is 11.1 Å². The van der Waals surface area contributed by atoms with Crippen molar-refractivity contribution in [2.75, 3.05) is 0 Å². The predicted octanol–water partition coefficient (Wildman–Crippen LogP) is 2.98. The molecule has 0 saturated carbocycles. The summed E-state index contributed by atoms with van der Waals surface area (Å²) in [7, 11) is 0. The summed E-state index contributed by atoms with van der Waals surface area (Å²) in [6.07, 6.45) is 0. The molecule has 0 bridgehead atoms. The molecule has 1 N–H and O–H groups in total. The Morgan fingerprint density at radius 3 is 2.67 bits per heavy atom. The number of nitrogens with zero attached hydrogens (tertiary/aromatic N) is 2. The highest BCUT2D eigenvalue weighted by Gasteiger charge is 2.10. The Kier molecular flexibility index (Phi) is 2.73. The van der Waals surface area contributed by atoms with Crippen molar-refractivity contribution >= 4 is 28.9 Å². The first-order valence-corrected chi connectivity index (χ1v) is 3.68. The molecule has 4 nitrogen and oxygen atoms in total. The monoisotopic (exact) mass is 206 g/mol. The van der Waals surface area contributed by atoms with Crippen LogP contribution in [0.5, 0.6) is 0 Å². The third-order valence-corrected chi connectivity index (χ3v) is 1.75. The van der Waals surface area contributed by atoms with Crippen LogP contribution >= 0.6 is 23.2 Å². The highest BCUT2D eigenvalue weighted by molar-refractivity contribution is 6.34. The molecule has 12 heavy (non-hydrogen) atoms. The van der Waals surface area contributed by atoms with Gasteiger partial charge in [-0.15, -0.1) is 0 Å². The van der Waals surface area contributed by atoms with Gasteiger partial charge in [0.2, 0.25) is 5.28 Å². The number of hydrogen-bond donors (Lipinski definition) is 1. The summed E-state index contributed by atoms with van der Waals surface area (Å²) in [6, 6.07) is 4.27. The van der Waals surface area contributed by atoms with Gasteiger partial charge < -0.3 is 10.4 Å². The van der Waals surface area contributed by atoms with Crippen molar-refractivity contribution in [3.63, 3.8) is 0 Å². The van der Waals surface area contributed by atoms with E-state index in [1.165, 1.54) is 18.2 Å². The van der Waals surface area contributed by atoms with E-state index in [-0.39, 0.29) is 15.6 Å². The van der Waals surface area contributed by atoms with Crippen LogP contribution in [0, 0.1) is 5.21 Å². The zero-order chi connectivity index (χ0) is 9.14. The Balaban J connectivity index is 3.23. The van der Waals surface area contributed by atoms with Crippen molar-refractivity contribution in [2.45, 2.75) is 0 Å². The largest absolute Gasteiger partial charge is 0.592 e. The SMILES string of the molecule is [O-][N+](=NO)c1cc(Cl)ccc1Cl. The minimum atomic E-state index is -0.0196. The van der Waals surface area contributed by atoms with Crippen LogP contribution in [0.3, 0.4) is 0 Å². The van der Waals surface area contributed by atoms with Gasteiger partial charge in [0.25, 0.3) is 5.69 Å². The molecule has 6 heteroatoms. The van der Waals surface area contributed by atoms with Crippen molar-refractivity contribution in [1.29, 1.82) is 0 Å². The van der Waals surface area contributed by atoms with E-state index in [4.69, 9.17) is 28.4 Å². The van der Waals surface area contributed by atoms with Gasteiger partial charge in [-0.3, -0.25) is 0 Å². The third kappa shape index (κ3) is 1.78. The lowest BCUT2D eigenvalue weighted by atomic mass is 10.3. The van der Waals surface area contributed by atoms with Gasteiger partial charge >= 0.3 is 0 Å². The number of halogens is 2. The van der Waals surface area contributed by atoms with E-state index in [2.05, 4.69) is 5.28 Å². The van der Waals surface area contributed by atoms with Gasteiger partial charge in [-0.25, -0.2) is 0 Å². The van der Waals surface area contributed by atoms with Crippen molar-refractivity contribution in [2.24, 2.45) is 5.28 Å². The third-order valence-electron chi connectivity index (χ3n) is 1.20. The van der Waals surface area contributed by atoms with E-state index in [1.807, 2.05) is 0 Å². The highest BCUT2D eigenvalue weighted by Crippen LogP contribution is 2.27. The fourth-order valence-electron chi connectivity index (χ4n) is 0.681. The lowest BCUT2D eigenvalue weighted by Crippen LogP contribution is -1.91. The first kappa shape index (κ1) is 9.09. The fraction of sp³-hybridized carbons (Fsp3) is 0. The van der Waals surface area contributed by atoms with Crippen molar-refractivity contribution in [3.05, 3.63) is 33.5 Å². The average molecular weight is 207 g/mol. The Morgan fingerprint density at radius 1 is 1.42 bits per heavy atom. The van der Waals surface area contributed by atoms with Crippen LogP contribution in [0.25, 0.3) is 0 Å². The van der Waals surface area contributed by atoms with E-state index in [0.717, 1.165) is 0 Å². The van der Waals surface area contributed by atoms with Crippen LogP contribution in [0.1, 0.15) is 0 Å². The van der Waals surface area contributed by atoms with Gasteiger partial charge in [-0.1, -0.05) is 23.2 Å². The molecular formula is C6H4Cl2N2O2. The molecular weight excluding hydrogens is 203 g/mol. The van der Waals surface area contributed by atoms with Crippen LogP contribution in [0.15, 0.2) is 23.5 Å². The Labute approximate surface area is 78.2 Å². The van der Waals surface area contributed by atoms with Crippen LogP contribution in [-0.4, -0.2) is 10.1 Å². The first-order valence-electron chi connectivity index (χ1n) is 2.92. The highest BCUT2D eigenvalue weighted by atomic mass is 35.5. The molecule has 64 valence electrons. The van der Waals surface area contributed by atoms with E-state index in [1.54, 1.807) is 0 Å². The first-order chi connectivity index (χ1) is 5.65. The van der Waals surface area contributed by atoms with Gasteiger partial charge in [-0.2, -0.15) is 0 Å². The number of benzene rings is 1. The van der Waals surface area contributed by atoms with E-state index in [0.29, 0.717) is 5.02 Å². The molecule has 1 rings (SSSR count). The molecule has 0 atom stereocenters. The summed E-state index contributed by atoms with van der Waals surface area (Å²) in [5, 5.41) is 21.8. The van der Waals surface area contributed by atoms with Crippen molar-refractivity contribution < 1.29 is 10.1 Å². The summed E-state index contributed by atoms with van der Waals surface area (Å²) in [6.45, 7) is 0. The van der Waals surface area contributed by atoms with Gasteiger partial charge in [-0.05, 0) is 17.0 Å². The lowest BCUT2D eigenvalue weighted by molar-refractivity contribution is -0.473. The Bertz CT molecular complexity index is 327. The zero-order valence-electron chi connectivity index (χ0n) is 5.74. The standard InChI is InChI=1S/C6H4Cl2N2O2/c7-4-1-2-5(8)6(3-4)10(12)9-11/h1-3,11H. The van der Waals surface area contributed by atoms with Crippen LogP contribution < -0.4 is 0 Å². The molecule has 0 heterocycles. The van der Waals surface area contributed by atoms with Crippen molar-refractivity contribution in [3.8, 4) is 0 Å². The second-order valence-electron chi connectivity index (χ2n) is 1.96. The molecule has 0 radical (unpaired) electrons. The lowest BCUT2D eigenvalue weighted by Gasteiger charge is -1.98. The molecule has 0 unspecified atom stereocenters. The molecule has 1 aromatic carbocycles. The maximum Gasteiger partial charge on any atom is 0.268 e. The summed E-state index contributed by atoms with van der Waals surface area (Å²) in [5.41, 5.74) is 0.00617. The zero-order valence-corrected chi connectivity index (χ0v) is 7.25. The minimum Gasteiger partial charge on any atom is -0.592 e. The smallest absolute Gasteiger partial charge is 0.268 e. The fourth-order valence-corrected chi connectivity index (χ4v) is 1.04. The minimum absolute atomic E-state index is 0.00617. The second-order valence-corrected chi connectivity index (χ2v) is 2.80. The van der Waals surface area contributed by atoms with Crippen LogP contribution in [0.4, 0.5) is 5.69 Å². The topological polar surface area (TPSA) is 58.7 Å². The normalized spacial score (nSPS) is 11.7. The molecule has 0 amide bonds. The van der Waals surface area contributed by atoms with Crippen LogP contribution in [-0.2, 0) is 0 Å². The molecule has 0 aromatic heterocycles. The molecule has 0 fully saturated rings. The predicted molar refractivity (Wildman–Crippen MR) is 44.0 cm³/mol. The molecule has 0 spiro atoms.